The summed E-state index contributed by atoms with van der Waals surface area (Å²) in [5.41, 5.74) is 0.0531. The van der Waals surface area contributed by atoms with E-state index in [9.17, 15) is 13.9 Å². The van der Waals surface area contributed by atoms with Gasteiger partial charge < -0.3 is 10.4 Å². The first-order chi connectivity index (χ1) is 8.18. The van der Waals surface area contributed by atoms with E-state index in [4.69, 9.17) is 0 Å². The average molecular weight is 241 g/mol. The van der Waals surface area contributed by atoms with E-state index in [-0.39, 0.29) is 11.6 Å². The Balaban J connectivity index is 2.03. The van der Waals surface area contributed by atoms with Gasteiger partial charge >= 0.3 is 0 Å². The number of piperidine rings is 1. The summed E-state index contributed by atoms with van der Waals surface area (Å²) in [6.45, 7) is 0.934. The number of hydrogen-bond donors (Lipinski definition) is 2. The number of benzene rings is 1. The maximum absolute atomic E-state index is 13.5. The molecule has 0 bridgehead atoms. The van der Waals surface area contributed by atoms with Gasteiger partial charge in [0.15, 0.2) is 11.6 Å². The molecule has 0 saturated carbocycles. The van der Waals surface area contributed by atoms with E-state index < -0.39 is 17.7 Å². The van der Waals surface area contributed by atoms with E-state index in [0.29, 0.717) is 6.42 Å². The Morgan fingerprint density at radius 1 is 1.35 bits per heavy atom. The summed E-state index contributed by atoms with van der Waals surface area (Å²) in [5, 5.41) is 13.2. The van der Waals surface area contributed by atoms with Gasteiger partial charge in [0.05, 0.1) is 6.10 Å². The fraction of sp³-hybridized carbons (Fsp3) is 0.538. The van der Waals surface area contributed by atoms with Crippen molar-refractivity contribution in [2.45, 2.75) is 37.8 Å². The monoisotopic (exact) mass is 241 g/mol. The second-order valence-electron chi connectivity index (χ2n) is 4.54. The molecule has 0 aromatic heterocycles. The molecule has 1 saturated heterocycles. The zero-order chi connectivity index (χ0) is 12.3. The molecule has 1 aliphatic rings. The van der Waals surface area contributed by atoms with Crippen LogP contribution in [0.2, 0.25) is 0 Å². The second kappa shape index (κ2) is 5.56. The van der Waals surface area contributed by atoms with Crippen molar-refractivity contribution in [2.24, 2.45) is 0 Å². The Hall–Kier alpha value is -1.00. The molecule has 2 rings (SSSR count). The highest BCUT2D eigenvalue weighted by Crippen LogP contribution is 2.25. The predicted octanol–water partition coefficient (Wildman–Crippen LogP) is 2.53. The minimum absolute atomic E-state index is 0.0531. The van der Waals surface area contributed by atoms with Crippen molar-refractivity contribution < 1.29 is 13.9 Å². The van der Waals surface area contributed by atoms with Crippen molar-refractivity contribution in [3.8, 4) is 0 Å². The maximum Gasteiger partial charge on any atom is 0.164 e. The molecular weight excluding hydrogens is 224 g/mol. The normalized spacial score (nSPS) is 22.4. The van der Waals surface area contributed by atoms with Crippen LogP contribution < -0.4 is 5.32 Å². The van der Waals surface area contributed by atoms with Gasteiger partial charge in [-0.15, -0.1) is 0 Å². The molecule has 4 heteroatoms. The number of hydrogen-bond acceptors (Lipinski definition) is 2. The number of aliphatic hydroxyl groups is 1. The quantitative estimate of drug-likeness (QED) is 0.852. The Labute approximate surface area is 99.7 Å². The molecule has 1 aromatic carbocycles. The molecule has 0 spiro atoms. The smallest absolute Gasteiger partial charge is 0.164 e. The summed E-state index contributed by atoms with van der Waals surface area (Å²) in [5.74, 6) is -1.84. The number of nitrogens with one attached hydrogen (secondary N) is 1. The van der Waals surface area contributed by atoms with Crippen molar-refractivity contribution in [1.29, 1.82) is 0 Å². The lowest BCUT2D eigenvalue weighted by Gasteiger charge is -2.25. The van der Waals surface area contributed by atoms with Gasteiger partial charge in [0.2, 0.25) is 0 Å². The van der Waals surface area contributed by atoms with Crippen LogP contribution in [0.15, 0.2) is 18.2 Å². The molecule has 1 heterocycles. The predicted molar refractivity (Wildman–Crippen MR) is 61.6 cm³/mol. The maximum atomic E-state index is 13.5. The summed E-state index contributed by atoms with van der Waals surface area (Å²) in [7, 11) is 0. The molecule has 2 unspecified atom stereocenters. The summed E-state index contributed by atoms with van der Waals surface area (Å²) in [6, 6.07) is 4.11. The number of rotatable bonds is 3. The molecule has 1 aliphatic heterocycles. The van der Waals surface area contributed by atoms with Crippen molar-refractivity contribution >= 4 is 0 Å². The first kappa shape index (κ1) is 12.5. The Kier molecular flexibility index (Phi) is 4.07. The lowest BCUT2D eigenvalue weighted by atomic mass is 9.95. The van der Waals surface area contributed by atoms with Gasteiger partial charge in [-0.05, 0) is 31.9 Å². The molecular formula is C13H17F2NO. The largest absolute Gasteiger partial charge is 0.388 e. The highest BCUT2D eigenvalue weighted by molar-refractivity contribution is 5.21. The lowest BCUT2D eigenvalue weighted by molar-refractivity contribution is 0.140. The van der Waals surface area contributed by atoms with Gasteiger partial charge in [0.25, 0.3) is 0 Å². The fourth-order valence-electron chi connectivity index (χ4n) is 2.30. The molecule has 2 N–H and O–H groups in total. The van der Waals surface area contributed by atoms with E-state index in [1.54, 1.807) is 0 Å². The Morgan fingerprint density at radius 2 is 2.18 bits per heavy atom. The molecule has 2 atom stereocenters. The van der Waals surface area contributed by atoms with Crippen LogP contribution in [-0.4, -0.2) is 17.7 Å². The number of aliphatic hydroxyl groups excluding tert-OH is 1. The second-order valence-corrected chi connectivity index (χ2v) is 4.54. The zero-order valence-electron chi connectivity index (χ0n) is 9.63. The topological polar surface area (TPSA) is 32.3 Å². The van der Waals surface area contributed by atoms with Crippen LogP contribution in [0.25, 0.3) is 0 Å². The van der Waals surface area contributed by atoms with E-state index in [2.05, 4.69) is 5.32 Å². The summed E-state index contributed by atoms with van der Waals surface area (Å²) in [6.07, 6.45) is 2.73. The molecule has 94 valence electrons. The van der Waals surface area contributed by atoms with Crippen LogP contribution in [-0.2, 0) is 0 Å². The van der Waals surface area contributed by atoms with Crippen molar-refractivity contribution in [1.82, 2.24) is 5.32 Å². The summed E-state index contributed by atoms with van der Waals surface area (Å²) < 4.78 is 26.5. The molecule has 1 fully saturated rings. The SMILES string of the molecule is OC(CC1CCCCN1)c1cccc(F)c1F. The minimum Gasteiger partial charge on any atom is -0.388 e. The molecule has 0 radical (unpaired) electrons. The molecule has 1 aromatic rings. The molecule has 17 heavy (non-hydrogen) atoms. The molecule has 0 aliphatic carbocycles. The van der Waals surface area contributed by atoms with Crippen LogP contribution in [0.3, 0.4) is 0 Å². The van der Waals surface area contributed by atoms with Gasteiger partial charge in [-0.25, -0.2) is 8.78 Å². The third-order valence-corrected chi connectivity index (χ3v) is 3.26. The summed E-state index contributed by atoms with van der Waals surface area (Å²) in [4.78, 5) is 0. The minimum atomic E-state index is -0.943. The van der Waals surface area contributed by atoms with Crippen molar-refractivity contribution in [3.63, 3.8) is 0 Å². The van der Waals surface area contributed by atoms with Crippen LogP contribution in [0.4, 0.5) is 8.78 Å². The highest BCUT2D eigenvalue weighted by atomic mass is 19.2. The van der Waals surface area contributed by atoms with E-state index in [1.165, 1.54) is 12.1 Å². The Morgan fingerprint density at radius 3 is 2.88 bits per heavy atom. The van der Waals surface area contributed by atoms with E-state index >= 15 is 0 Å². The third kappa shape index (κ3) is 3.01. The van der Waals surface area contributed by atoms with Crippen molar-refractivity contribution in [3.05, 3.63) is 35.4 Å². The van der Waals surface area contributed by atoms with Crippen LogP contribution in [0.5, 0.6) is 0 Å². The lowest BCUT2D eigenvalue weighted by Crippen LogP contribution is -2.35. The van der Waals surface area contributed by atoms with Crippen LogP contribution >= 0.6 is 0 Å². The molecule has 0 amide bonds. The third-order valence-electron chi connectivity index (χ3n) is 3.26. The van der Waals surface area contributed by atoms with Crippen molar-refractivity contribution in [2.75, 3.05) is 6.54 Å². The fourth-order valence-corrected chi connectivity index (χ4v) is 2.30. The van der Waals surface area contributed by atoms with Gasteiger partial charge in [-0.3, -0.25) is 0 Å². The van der Waals surface area contributed by atoms with Gasteiger partial charge in [0.1, 0.15) is 0 Å². The van der Waals surface area contributed by atoms with E-state index in [1.807, 2.05) is 0 Å². The average Bonchev–Trinajstić information content (AvgIpc) is 2.34. The van der Waals surface area contributed by atoms with Gasteiger partial charge in [-0.1, -0.05) is 18.6 Å². The first-order valence-corrected chi connectivity index (χ1v) is 6.04. The molecule has 2 nitrogen and oxygen atoms in total. The van der Waals surface area contributed by atoms with Gasteiger partial charge in [0, 0.05) is 11.6 Å². The first-order valence-electron chi connectivity index (χ1n) is 6.04. The Bertz CT molecular complexity index is 378. The van der Waals surface area contributed by atoms with E-state index in [0.717, 1.165) is 31.9 Å². The summed E-state index contributed by atoms with van der Waals surface area (Å²) >= 11 is 0. The van der Waals surface area contributed by atoms with Crippen LogP contribution in [0.1, 0.15) is 37.4 Å². The highest BCUT2D eigenvalue weighted by Gasteiger charge is 2.21. The van der Waals surface area contributed by atoms with Crippen LogP contribution in [0, 0.1) is 11.6 Å². The number of halogens is 2. The standard InChI is InChI=1S/C13H17F2NO/c14-11-6-3-5-10(13(11)15)12(17)8-9-4-1-2-7-16-9/h3,5-6,9,12,16-17H,1-2,4,7-8H2. The zero-order valence-corrected chi connectivity index (χ0v) is 9.63. The van der Waals surface area contributed by atoms with Gasteiger partial charge in [-0.2, -0.15) is 0 Å².